The van der Waals surface area contributed by atoms with Crippen molar-refractivity contribution in [3.63, 3.8) is 0 Å². The second kappa shape index (κ2) is 15.0. The molecule has 0 amide bonds. The Labute approximate surface area is 375 Å². The molecule has 0 bridgehead atoms. The zero-order valence-electron chi connectivity index (χ0n) is 35.3. The third-order valence-electron chi connectivity index (χ3n) is 13.1. The van der Waals surface area contributed by atoms with Crippen LogP contribution in [0.3, 0.4) is 0 Å². The van der Waals surface area contributed by atoms with Gasteiger partial charge in [0.25, 0.3) is 0 Å². The lowest BCUT2D eigenvalue weighted by atomic mass is 9.95. The first-order valence-corrected chi connectivity index (χ1v) is 22.1. The van der Waals surface area contributed by atoms with E-state index < -0.39 is 0 Å². The van der Waals surface area contributed by atoms with Gasteiger partial charge in [-0.3, -0.25) is 0 Å². The molecule has 65 heavy (non-hydrogen) atoms. The Kier molecular flexibility index (Phi) is 8.53. The first kappa shape index (κ1) is 36.9. The van der Waals surface area contributed by atoms with Crippen LogP contribution in [0.5, 0.6) is 0 Å². The van der Waals surface area contributed by atoms with Gasteiger partial charge in [0, 0.05) is 49.6 Å². The van der Waals surface area contributed by atoms with E-state index in [1.54, 1.807) is 0 Å². The number of rotatable bonds is 7. The first-order chi connectivity index (χ1) is 32.2. The van der Waals surface area contributed by atoms with Crippen LogP contribution < -0.4 is 4.90 Å². The van der Waals surface area contributed by atoms with Crippen LogP contribution in [-0.4, -0.2) is 0 Å². The molecule has 0 spiro atoms. The topological polar surface area (TPSA) is 29.5 Å². The quantitative estimate of drug-likeness (QED) is 0.160. The van der Waals surface area contributed by atoms with Crippen LogP contribution in [0.25, 0.3) is 110 Å². The summed E-state index contributed by atoms with van der Waals surface area (Å²) < 4.78 is 13.3. The number of fused-ring (bicyclic) bond motifs is 8. The van der Waals surface area contributed by atoms with Gasteiger partial charge in [0.2, 0.25) is 0 Å². The molecule has 0 fully saturated rings. The summed E-state index contributed by atoms with van der Waals surface area (Å²) in [6.45, 7) is 0. The van der Waals surface area contributed by atoms with Gasteiger partial charge < -0.3 is 13.7 Å². The number of furan rings is 2. The van der Waals surface area contributed by atoms with Crippen LogP contribution in [0.2, 0.25) is 0 Å². The fourth-order valence-electron chi connectivity index (χ4n) is 9.93. The summed E-state index contributed by atoms with van der Waals surface area (Å²) in [6.07, 6.45) is 0. The van der Waals surface area contributed by atoms with Crippen molar-refractivity contribution in [2.24, 2.45) is 0 Å². The SMILES string of the molecule is c1cc(-c2ccc(N(c3ccc(-c4cccc5c4oc4ccccc45)cc3)c3ccccc3-c3cccc4c3oc3cc5ccccc5cc34)cc2)cc(-c2cccc3ccccc23)c1. The maximum atomic E-state index is 6.82. The van der Waals surface area contributed by atoms with E-state index in [4.69, 9.17) is 8.83 Å². The lowest BCUT2D eigenvalue weighted by Crippen LogP contribution is -2.11. The summed E-state index contributed by atoms with van der Waals surface area (Å²) in [5.41, 5.74) is 15.7. The van der Waals surface area contributed by atoms with Gasteiger partial charge in [0.1, 0.15) is 22.3 Å². The van der Waals surface area contributed by atoms with Crippen LogP contribution in [0.1, 0.15) is 0 Å². The molecule has 2 heterocycles. The fourth-order valence-corrected chi connectivity index (χ4v) is 9.93. The van der Waals surface area contributed by atoms with Crippen molar-refractivity contribution < 1.29 is 8.83 Å². The molecule has 0 unspecified atom stereocenters. The molecule has 0 aliphatic carbocycles. The Morgan fingerprint density at radius 1 is 0.262 bits per heavy atom. The molecule has 0 atom stereocenters. The maximum Gasteiger partial charge on any atom is 0.143 e. The number of para-hydroxylation sites is 4. The van der Waals surface area contributed by atoms with E-state index in [1.807, 2.05) is 12.1 Å². The smallest absolute Gasteiger partial charge is 0.143 e. The Balaban J connectivity index is 0.948. The lowest BCUT2D eigenvalue weighted by Gasteiger charge is -2.28. The van der Waals surface area contributed by atoms with Gasteiger partial charge >= 0.3 is 0 Å². The van der Waals surface area contributed by atoms with E-state index >= 15 is 0 Å². The van der Waals surface area contributed by atoms with Crippen molar-refractivity contribution in [3.8, 4) is 44.5 Å². The highest BCUT2D eigenvalue weighted by Crippen LogP contribution is 2.46. The van der Waals surface area contributed by atoms with Crippen molar-refractivity contribution in [2.45, 2.75) is 0 Å². The van der Waals surface area contributed by atoms with Crippen LogP contribution in [0.4, 0.5) is 17.1 Å². The highest BCUT2D eigenvalue weighted by Gasteiger charge is 2.21. The predicted octanol–water partition coefficient (Wildman–Crippen LogP) is 17.9. The van der Waals surface area contributed by atoms with E-state index in [0.29, 0.717) is 0 Å². The molecule has 0 N–H and O–H groups in total. The molecule has 304 valence electrons. The molecule has 13 rings (SSSR count). The molecule has 0 radical (unpaired) electrons. The van der Waals surface area contributed by atoms with Crippen molar-refractivity contribution in [3.05, 3.63) is 237 Å². The van der Waals surface area contributed by atoms with Crippen LogP contribution in [0, 0.1) is 0 Å². The van der Waals surface area contributed by atoms with E-state index in [2.05, 4.69) is 229 Å². The van der Waals surface area contributed by atoms with Crippen LogP contribution >= 0.6 is 0 Å². The average molecular weight is 830 g/mol. The van der Waals surface area contributed by atoms with E-state index in [9.17, 15) is 0 Å². The Morgan fingerprint density at radius 2 is 0.785 bits per heavy atom. The summed E-state index contributed by atoms with van der Waals surface area (Å²) in [5, 5.41) is 9.32. The second-order valence-electron chi connectivity index (χ2n) is 16.8. The van der Waals surface area contributed by atoms with Crippen molar-refractivity contribution in [1.29, 1.82) is 0 Å². The normalized spacial score (nSPS) is 11.7. The molecule has 2 aromatic heterocycles. The summed E-state index contributed by atoms with van der Waals surface area (Å²) in [5.74, 6) is 0. The van der Waals surface area contributed by atoms with Gasteiger partial charge in [-0.2, -0.15) is 0 Å². The number of benzene rings is 11. The third kappa shape index (κ3) is 6.20. The number of nitrogens with zero attached hydrogens (tertiary/aromatic N) is 1. The molecule has 11 aromatic carbocycles. The van der Waals surface area contributed by atoms with Gasteiger partial charge in [-0.15, -0.1) is 0 Å². The Hall–Kier alpha value is -8.66. The van der Waals surface area contributed by atoms with Gasteiger partial charge in [-0.1, -0.05) is 182 Å². The highest BCUT2D eigenvalue weighted by atomic mass is 16.3. The maximum absolute atomic E-state index is 6.82. The standard InChI is InChI=1S/C62H39NO2/c1-2-15-45-39-60-57(38-44(45)14-1)56-26-12-24-54(62(56)65-60)52-20-5-7-27-58(52)63(48-35-31-42(32-36-48)51-23-11-25-55-53-21-6-8-28-59(53)64-61(51)55)47-33-29-40(30-34-47)43-17-9-18-46(37-43)50-22-10-16-41-13-3-4-19-49(41)50/h1-39H. The Bertz CT molecular complexity index is 3940. The van der Waals surface area contributed by atoms with Gasteiger partial charge in [0.05, 0.1) is 5.69 Å². The highest BCUT2D eigenvalue weighted by molar-refractivity contribution is 6.14. The van der Waals surface area contributed by atoms with Crippen molar-refractivity contribution >= 4 is 82.5 Å². The van der Waals surface area contributed by atoms with E-state index in [1.165, 1.54) is 32.8 Å². The second-order valence-corrected chi connectivity index (χ2v) is 16.8. The minimum atomic E-state index is 0.876. The minimum Gasteiger partial charge on any atom is -0.455 e. The number of anilines is 3. The molecule has 0 aliphatic heterocycles. The van der Waals surface area contributed by atoms with Crippen molar-refractivity contribution in [2.75, 3.05) is 4.90 Å². The molecular weight excluding hydrogens is 791 g/mol. The number of hydrogen-bond acceptors (Lipinski definition) is 3. The minimum absolute atomic E-state index is 0.876. The summed E-state index contributed by atoms with van der Waals surface area (Å²) in [4.78, 5) is 2.37. The van der Waals surface area contributed by atoms with Gasteiger partial charge in [-0.25, -0.2) is 0 Å². The lowest BCUT2D eigenvalue weighted by molar-refractivity contribution is 0.670. The van der Waals surface area contributed by atoms with E-state index in [-0.39, 0.29) is 0 Å². The largest absolute Gasteiger partial charge is 0.455 e. The summed E-state index contributed by atoms with van der Waals surface area (Å²) >= 11 is 0. The van der Waals surface area contributed by atoms with Crippen molar-refractivity contribution in [1.82, 2.24) is 0 Å². The molecular formula is C62H39NO2. The fraction of sp³-hybridized carbons (Fsp3) is 0. The average Bonchev–Trinajstić information content (AvgIpc) is 3.94. The van der Waals surface area contributed by atoms with Crippen LogP contribution in [-0.2, 0) is 0 Å². The molecule has 3 nitrogen and oxygen atoms in total. The first-order valence-electron chi connectivity index (χ1n) is 22.1. The molecule has 0 aliphatic rings. The molecule has 0 saturated heterocycles. The monoisotopic (exact) mass is 829 g/mol. The molecule has 3 heteroatoms. The van der Waals surface area contributed by atoms with Gasteiger partial charge in [-0.05, 0) is 104 Å². The van der Waals surface area contributed by atoms with Gasteiger partial charge in [0.15, 0.2) is 0 Å². The zero-order valence-corrected chi connectivity index (χ0v) is 35.3. The summed E-state index contributed by atoms with van der Waals surface area (Å²) in [6, 6.07) is 84.7. The van der Waals surface area contributed by atoms with E-state index in [0.717, 1.165) is 94.1 Å². The zero-order chi connectivity index (χ0) is 42.8. The Morgan fingerprint density at radius 3 is 1.60 bits per heavy atom. The van der Waals surface area contributed by atoms with Crippen LogP contribution in [0.15, 0.2) is 245 Å². The third-order valence-corrected chi connectivity index (χ3v) is 13.1. The molecule has 13 aromatic rings. The summed E-state index contributed by atoms with van der Waals surface area (Å²) in [7, 11) is 0. The number of hydrogen-bond donors (Lipinski definition) is 0. The molecule has 0 saturated carbocycles. The predicted molar refractivity (Wildman–Crippen MR) is 272 cm³/mol.